The summed E-state index contributed by atoms with van der Waals surface area (Å²) >= 11 is 0. The highest BCUT2D eigenvalue weighted by Crippen LogP contribution is 2.24. The van der Waals surface area contributed by atoms with Gasteiger partial charge in [0.1, 0.15) is 0 Å². The predicted octanol–water partition coefficient (Wildman–Crippen LogP) is 3.08. The van der Waals surface area contributed by atoms with E-state index in [9.17, 15) is 4.79 Å². The molecule has 4 heteroatoms. The van der Waals surface area contributed by atoms with Crippen molar-refractivity contribution in [1.29, 1.82) is 0 Å². The molecule has 0 radical (unpaired) electrons. The van der Waals surface area contributed by atoms with E-state index in [0.717, 1.165) is 12.8 Å². The van der Waals surface area contributed by atoms with Crippen LogP contribution in [0.5, 0.6) is 0 Å². The van der Waals surface area contributed by atoms with Gasteiger partial charge in [-0.2, -0.15) is 0 Å². The molecule has 4 nitrogen and oxygen atoms in total. The highest BCUT2D eigenvalue weighted by molar-refractivity contribution is 5.80. The van der Waals surface area contributed by atoms with Crippen molar-refractivity contribution in [2.45, 2.75) is 51.3 Å². The van der Waals surface area contributed by atoms with E-state index in [0.29, 0.717) is 0 Å². The first-order valence-corrected chi connectivity index (χ1v) is 7.44. The van der Waals surface area contributed by atoms with Gasteiger partial charge in [0.25, 0.3) is 0 Å². The zero-order valence-electron chi connectivity index (χ0n) is 13.7. The fourth-order valence-electron chi connectivity index (χ4n) is 2.52. The van der Waals surface area contributed by atoms with Gasteiger partial charge in [-0.15, -0.1) is 0 Å². The minimum atomic E-state index is -0.992. The van der Waals surface area contributed by atoms with E-state index in [1.807, 2.05) is 18.2 Å². The molecule has 0 aliphatic rings. The summed E-state index contributed by atoms with van der Waals surface area (Å²) in [7, 11) is 2.94. The van der Waals surface area contributed by atoms with Crippen LogP contribution in [-0.4, -0.2) is 31.8 Å². The second-order valence-electron chi connectivity index (χ2n) is 5.44. The van der Waals surface area contributed by atoms with Crippen molar-refractivity contribution < 1.29 is 14.3 Å². The molecule has 0 fully saturated rings. The molecule has 118 valence electrons. The molecule has 0 bridgehead atoms. The average Bonchev–Trinajstić information content (AvgIpc) is 2.53. The molecule has 1 unspecified atom stereocenters. The standard InChI is InChI=1S/C17H27NO3/c1-6-10-15(17(3,21-5)16(19)20-4)18-13(2)14-11-8-7-9-12-14/h7-9,11-13,15,18H,6,10H2,1-5H3/t13-,15+,17?/m0/s1. The van der Waals surface area contributed by atoms with Gasteiger partial charge in [0, 0.05) is 19.2 Å². The first-order chi connectivity index (χ1) is 9.99. The molecule has 1 N–H and O–H groups in total. The van der Waals surface area contributed by atoms with Gasteiger partial charge in [0.05, 0.1) is 7.11 Å². The number of methoxy groups -OCH3 is 2. The van der Waals surface area contributed by atoms with Crippen LogP contribution in [0.1, 0.15) is 45.2 Å². The van der Waals surface area contributed by atoms with Crippen LogP contribution < -0.4 is 5.32 Å². The minimum Gasteiger partial charge on any atom is -0.467 e. The van der Waals surface area contributed by atoms with Crippen molar-refractivity contribution in [3.8, 4) is 0 Å². The fraction of sp³-hybridized carbons (Fsp3) is 0.588. The number of hydrogen-bond acceptors (Lipinski definition) is 4. The maximum absolute atomic E-state index is 12.1. The quantitative estimate of drug-likeness (QED) is 0.748. The Kier molecular flexibility index (Phi) is 6.85. The zero-order valence-corrected chi connectivity index (χ0v) is 13.7. The Morgan fingerprint density at radius 1 is 1.29 bits per heavy atom. The summed E-state index contributed by atoms with van der Waals surface area (Å²) in [5.41, 5.74) is 0.190. The number of benzene rings is 1. The maximum Gasteiger partial charge on any atom is 0.339 e. The summed E-state index contributed by atoms with van der Waals surface area (Å²) in [5.74, 6) is -0.351. The van der Waals surface area contributed by atoms with E-state index >= 15 is 0 Å². The minimum absolute atomic E-state index is 0.116. The van der Waals surface area contributed by atoms with E-state index < -0.39 is 5.60 Å². The maximum atomic E-state index is 12.1. The molecule has 0 aliphatic carbocycles. The lowest BCUT2D eigenvalue weighted by Gasteiger charge is -2.36. The number of carbonyl (C=O) groups excluding carboxylic acids is 1. The van der Waals surface area contributed by atoms with Crippen molar-refractivity contribution >= 4 is 5.97 Å². The second kappa shape index (κ2) is 8.15. The lowest BCUT2D eigenvalue weighted by Crippen LogP contribution is -2.56. The van der Waals surface area contributed by atoms with Gasteiger partial charge >= 0.3 is 5.97 Å². The Morgan fingerprint density at radius 2 is 1.90 bits per heavy atom. The third kappa shape index (κ3) is 4.29. The number of hydrogen-bond donors (Lipinski definition) is 1. The highest BCUT2D eigenvalue weighted by Gasteiger charge is 2.42. The van der Waals surface area contributed by atoms with Crippen LogP contribution in [0, 0.1) is 0 Å². The van der Waals surface area contributed by atoms with Gasteiger partial charge in [0.2, 0.25) is 0 Å². The van der Waals surface area contributed by atoms with Crippen LogP contribution >= 0.6 is 0 Å². The van der Waals surface area contributed by atoms with Crippen LogP contribution in [0.2, 0.25) is 0 Å². The molecular formula is C17H27NO3. The zero-order chi connectivity index (χ0) is 15.9. The van der Waals surface area contributed by atoms with Crippen LogP contribution in [0.15, 0.2) is 30.3 Å². The van der Waals surface area contributed by atoms with Crippen molar-refractivity contribution in [2.24, 2.45) is 0 Å². The lowest BCUT2D eigenvalue weighted by molar-refractivity contribution is -0.168. The smallest absolute Gasteiger partial charge is 0.339 e. The van der Waals surface area contributed by atoms with Gasteiger partial charge in [-0.3, -0.25) is 0 Å². The normalized spacial score (nSPS) is 16.8. The fourth-order valence-corrected chi connectivity index (χ4v) is 2.52. The Hall–Kier alpha value is -1.39. The molecule has 0 amide bonds. The van der Waals surface area contributed by atoms with Crippen molar-refractivity contribution in [2.75, 3.05) is 14.2 Å². The second-order valence-corrected chi connectivity index (χ2v) is 5.44. The van der Waals surface area contributed by atoms with Gasteiger partial charge in [-0.1, -0.05) is 43.7 Å². The first kappa shape index (κ1) is 17.7. The number of rotatable bonds is 8. The summed E-state index contributed by atoms with van der Waals surface area (Å²) in [6.45, 7) is 5.96. The monoisotopic (exact) mass is 293 g/mol. The topological polar surface area (TPSA) is 47.6 Å². The summed E-state index contributed by atoms with van der Waals surface area (Å²) in [6, 6.07) is 10.2. The summed E-state index contributed by atoms with van der Waals surface area (Å²) in [6.07, 6.45) is 1.78. The van der Waals surface area contributed by atoms with E-state index in [1.165, 1.54) is 12.7 Å². The average molecular weight is 293 g/mol. The van der Waals surface area contributed by atoms with E-state index in [2.05, 4.69) is 31.3 Å². The molecule has 21 heavy (non-hydrogen) atoms. The van der Waals surface area contributed by atoms with Gasteiger partial charge < -0.3 is 14.8 Å². The summed E-state index contributed by atoms with van der Waals surface area (Å²) in [4.78, 5) is 12.1. The van der Waals surface area contributed by atoms with Crippen LogP contribution in [0.25, 0.3) is 0 Å². The Morgan fingerprint density at radius 3 is 2.38 bits per heavy atom. The Labute approximate surface area is 127 Å². The molecule has 3 atom stereocenters. The number of nitrogens with one attached hydrogen (secondary N) is 1. The summed E-state index contributed by atoms with van der Waals surface area (Å²) < 4.78 is 10.4. The SMILES string of the molecule is CCC[C@@H](N[C@@H](C)c1ccccc1)C(C)(OC)C(=O)OC. The first-order valence-electron chi connectivity index (χ1n) is 7.44. The molecule has 0 aliphatic heterocycles. The molecule has 0 saturated heterocycles. The van der Waals surface area contributed by atoms with Gasteiger partial charge in [-0.25, -0.2) is 4.79 Å². The third-order valence-electron chi connectivity index (χ3n) is 4.01. The molecule has 1 aromatic rings. The highest BCUT2D eigenvalue weighted by atomic mass is 16.6. The Balaban J connectivity index is 2.93. The van der Waals surface area contributed by atoms with Crippen molar-refractivity contribution in [3.63, 3.8) is 0 Å². The third-order valence-corrected chi connectivity index (χ3v) is 4.01. The number of carbonyl (C=O) groups is 1. The largest absolute Gasteiger partial charge is 0.467 e. The summed E-state index contributed by atoms with van der Waals surface area (Å²) in [5, 5.41) is 3.52. The molecule has 0 aromatic heterocycles. The molecule has 0 spiro atoms. The Bertz CT molecular complexity index is 435. The van der Waals surface area contributed by atoms with Crippen molar-refractivity contribution in [1.82, 2.24) is 5.32 Å². The van der Waals surface area contributed by atoms with E-state index in [-0.39, 0.29) is 18.1 Å². The van der Waals surface area contributed by atoms with Gasteiger partial charge in [0.15, 0.2) is 5.60 Å². The molecule has 0 saturated carbocycles. The van der Waals surface area contributed by atoms with E-state index in [4.69, 9.17) is 9.47 Å². The molecule has 1 rings (SSSR count). The molecule has 1 aromatic carbocycles. The van der Waals surface area contributed by atoms with E-state index in [1.54, 1.807) is 14.0 Å². The van der Waals surface area contributed by atoms with Crippen molar-refractivity contribution in [3.05, 3.63) is 35.9 Å². The van der Waals surface area contributed by atoms with Gasteiger partial charge in [-0.05, 0) is 25.8 Å². The van der Waals surface area contributed by atoms with Crippen LogP contribution in [-0.2, 0) is 14.3 Å². The number of esters is 1. The predicted molar refractivity (Wildman–Crippen MR) is 84.1 cm³/mol. The van der Waals surface area contributed by atoms with Crippen LogP contribution in [0.3, 0.4) is 0 Å². The van der Waals surface area contributed by atoms with Crippen LogP contribution in [0.4, 0.5) is 0 Å². The molecular weight excluding hydrogens is 266 g/mol. The number of ether oxygens (including phenoxy) is 2. The molecule has 0 heterocycles. The lowest BCUT2D eigenvalue weighted by atomic mass is 9.91.